The minimum absolute atomic E-state index is 0.633. The van der Waals surface area contributed by atoms with E-state index in [-0.39, 0.29) is 0 Å². The molecule has 0 atom stereocenters. The second-order valence-electron chi connectivity index (χ2n) is 7.12. The van der Waals surface area contributed by atoms with E-state index in [0.29, 0.717) is 11.7 Å². The topological polar surface area (TPSA) is 46.6 Å². The van der Waals surface area contributed by atoms with Crippen LogP contribution >= 0.6 is 12.2 Å². The van der Waals surface area contributed by atoms with Gasteiger partial charge in [-0.1, -0.05) is 37.3 Å². The molecule has 2 aromatic carbocycles. The van der Waals surface area contributed by atoms with Crippen molar-refractivity contribution >= 4 is 23.0 Å². The molecule has 0 amide bonds. The molecule has 0 saturated carbocycles. The Balaban J connectivity index is 1.77. The van der Waals surface area contributed by atoms with Gasteiger partial charge in [0.2, 0.25) is 0 Å². The number of hydrogen-bond acceptors (Lipinski definition) is 4. The van der Waals surface area contributed by atoms with Gasteiger partial charge in [0, 0.05) is 18.4 Å². The van der Waals surface area contributed by atoms with Gasteiger partial charge in [-0.15, -0.1) is 0 Å². The van der Waals surface area contributed by atoms with Gasteiger partial charge in [0.1, 0.15) is 0 Å². The Morgan fingerprint density at radius 2 is 1.77 bits per heavy atom. The minimum Gasteiger partial charge on any atom is -0.493 e. The predicted molar refractivity (Wildman–Crippen MR) is 130 cm³/mol. The number of benzene rings is 2. The summed E-state index contributed by atoms with van der Waals surface area (Å²) < 4.78 is 10.8. The second-order valence-corrected chi connectivity index (χ2v) is 7.51. The van der Waals surface area contributed by atoms with E-state index in [1.165, 1.54) is 5.56 Å². The van der Waals surface area contributed by atoms with E-state index in [2.05, 4.69) is 46.4 Å². The summed E-state index contributed by atoms with van der Waals surface area (Å²) in [6, 6.07) is 20.2. The van der Waals surface area contributed by atoms with Gasteiger partial charge in [-0.05, 0) is 66.5 Å². The maximum absolute atomic E-state index is 5.81. The monoisotopic (exact) mass is 435 g/mol. The van der Waals surface area contributed by atoms with E-state index in [9.17, 15) is 0 Å². The summed E-state index contributed by atoms with van der Waals surface area (Å²) in [5.74, 6) is 1.46. The fourth-order valence-electron chi connectivity index (χ4n) is 3.38. The predicted octanol–water partition coefficient (Wildman–Crippen LogP) is 5.10. The lowest BCUT2D eigenvalue weighted by atomic mass is 10.1. The first kappa shape index (κ1) is 22.6. The summed E-state index contributed by atoms with van der Waals surface area (Å²) in [4.78, 5) is 6.63. The number of thiocarbonyl (C=S) groups is 1. The van der Waals surface area contributed by atoms with Crippen LogP contribution in [0.1, 0.15) is 23.7 Å². The number of anilines is 1. The van der Waals surface area contributed by atoms with E-state index in [4.69, 9.17) is 21.7 Å². The van der Waals surface area contributed by atoms with Crippen molar-refractivity contribution in [3.8, 4) is 11.5 Å². The zero-order valence-corrected chi connectivity index (χ0v) is 19.1. The first-order valence-electron chi connectivity index (χ1n) is 10.4. The lowest BCUT2D eigenvalue weighted by Crippen LogP contribution is -2.36. The number of aromatic nitrogens is 1. The van der Waals surface area contributed by atoms with Gasteiger partial charge in [-0.25, -0.2) is 0 Å². The number of nitrogens with one attached hydrogen (secondary N) is 1. The molecular formula is C25H29N3O2S. The number of para-hydroxylation sites is 1. The Morgan fingerprint density at radius 3 is 2.48 bits per heavy atom. The number of hydrogen-bond donors (Lipinski definition) is 1. The van der Waals surface area contributed by atoms with Gasteiger partial charge in [0.25, 0.3) is 0 Å². The summed E-state index contributed by atoms with van der Waals surface area (Å²) >= 11 is 5.81. The van der Waals surface area contributed by atoms with Crippen LogP contribution in [0, 0.1) is 0 Å². The third kappa shape index (κ3) is 6.18. The lowest BCUT2D eigenvalue weighted by Gasteiger charge is -2.26. The minimum atomic E-state index is 0.633. The van der Waals surface area contributed by atoms with E-state index in [1.54, 1.807) is 14.2 Å². The molecule has 1 N–H and O–H groups in total. The molecule has 3 aromatic rings. The molecule has 1 aromatic heterocycles. The number of nitrogens with zero attached hydrogens (tertiary/aromatic N) is 2. The molecule has 162 valence electrons. The van der Waals surface area contributed by atoms with E-state index >= 15 is 0 Å². The van der Waals surface area contributed by atoms with Crippen molar-refractivity contribution in [2.75, 3.05) is 26.1 Å². The number of methoxy groups -OCH3 is 2. The molecule has 0 unspecified atom stereocenters. The molecule has 1 heterocycles. The lowest BCUT2D eigenvalue weighted by molar-refractivity contribution is 0.354. The maximum atomic E-state index is 5.81. The molecule has 3 rings (SSSR count). The third-order valence-corrected chi connectivity index (χ3v) is 5.48. The molecule has 0 radical (unpaired) electrons. The molecule has 0 aliphatic carbocycles. The van der Waals surface area contributed by atoms with Gasteiger partial charge >= 0.3 is 0 Å². The molecule has 0 bridgehead atoms. The first-order valence-corrected chi connectivity index (χ1v) is 10.8. The fourth-order valence-corrected chi connectivity index (χ4v) is 3.65. The van der Waals surface area contributed by atoms with Crippen LogP contribution in [0.2, 0.25) is 0 Å². The summed E-state index contributed by atoms with van der Waals surface area (Å²) in [5.41, 5.74) is 4.41. The van der Waals surface area contributed by atoms with E-state index in [0.717, 1.165) is 47.8 Å². The van der Waals surface area contributed by atoms with Crippen molar-refractivity contribution in [3.63, 3.8) is 0 Å². The van der Waals surface area contributed by atoms with Crippen molar-refractivity contribution < 1.29 is 9.47 Å². The van der Waals surface area contributed by atoms with Gasteiger partial charge in [0.15, 0.2) is 16.6 Å². The maximum Gasteiger partial charge on any atom is 0.173 e. The van der Waals surface area contributed by atoms with Gasteiger partial charge in [-0.3, -0.25) is 4.98 Å². The quantitative estimate of drug-likeness (QED) is 0.472. The molecule has 0 spiro atoms. The summed E-state index contributed by atoms with van der Waals surface area (Å²) in [6.07, 6.45) is 3.56. The highest BCUT2D eigenvalue weighted by Gasteiger charge is 2.14. The molecule has 0 saturated heterocycles. The van der Waals surface area contributed by atoms with Crippen LogP contribution in [0.15, 0.2) is 66.9 Å². The SMILES string of the molecule is CCc1ccccc1NC(=S)N(CCc1ccc(OC)c(OC)c1)Cc1ccccn1. The number of ether oxygens (including phenoxy) is 2. The number of pyridine rings is 1. The molecule has 31 heavy (non-hydrogen) atoms. The van der Waals surface area contributed by atoms with Gasteiger partial charge in [-0.2, -0.15) is 0 Å². The molecule has 5 nitrogen and oxygen atoms in total. The normalized spacial score (nSPS) is 10.4. The van der Waals surface area contributed by atoms with Gasteiger partial charge in [0.05, 0.1) is 26.5 Å². The van der Waals surface area contributed by atoms with Crippen LogP contribution in [0.4, 0.5) is 5.69 Å². The number of rotatable bonds is 9. The Kier molecular flexibility index (Phi) is 8.24. The molecular weight excluding hydrogens is 406 g/mol. The van der Waals surface area contributed by atoms with Crippen LogP contribution in [-0.4, -0.2) is 35.8 Å². The molecule has 6 heteroatoms. The largest absolute Gasteiger partial charge is 0.493 e. The van der Waals surface area contributed by atoms with E-state index in [1.807, 2.05) is 42.6 Å². The Hall–Kier alpha value is -3.12. The Morgan fingerprint density at radius 1 is 1.00 bits per heavy atom. The number of aryl methyl sites for hydroxylation is 1. The van der Waals surface area contributed by atoms with Crippen LogP contribution < -0.4 is 14.8 Å². The zero-order valence-electron chi connectivity index (χ0n) is 18.3. The van der Waals surface area contributed by atoms with E-state index < -0.39 is 0 Å². The molecule has 0 fully saturated rings. The zero-order chi connectivity index (χ0) is 22.1. The fraction of sp³-hybridized carbons (Fsp3) is 0.280. The van der Waals surface area contributed by atoms with Crippen molar-refractivity contribution in [2.24, 2.45) is 0 Å². The van der Waals surface area contributed by atoms with Crippen molar-refractivity contribution in [2.45, 2.75) is 26.3 Å². The Labute approximate surface area is 190 Å². The first-order chi connectivity index (χ1) is 15.1. The van der Waals surface area contributed by atoms with Crippen LogP contribution in [-0.2, 0) is 19.4 Å². The highest BCUT2D eigenvalue weighted by atomic mass is 32.1. The average Bonchev–Trinajstić information content (AvgIpc) is 2.82. The van der Waals surface area contributed by atoms with Crippen molar-refractivity contribution in [3.05, 3.63) is 83.7 Å². The van der Waals surface area contributed by atoms with Crippen LogP contribution in [0.5, 0.6) is 11.5 Å². The highest BCUT2D eigenvalue weighted by Crippen LogP contribution is 2.28. The summed E-state index contributed by atoms with van der Waals surface area (Å²) in [6.45, 7) is 3.52. The Bertz CT molecular complexity index is 995. The third-order valence-electron chi connectivity index (χ3n) is 5.12. The standard InChI is InChI=1S/C25H29N3O2S/c1-4-20-9-5-6-11-22(20)27-25(31)28(18-21-10-7-8-15-26-21)16-14-19-12-13-23(29-2)24(17-19)30-3/h5-13,15,17H,4,14,16,18H2,1-3H3,(H,27,31). The average molecular weight is 436 g/mol. The summed E-state index contributed by atoms with van der Waals surface area (Å²) in [7, 11) is 3.30. The smallest absolute Gasteiger partial charge is 0.173 e. The molecule has 0 aliphatic heterocycles. The van der Waals surface area contributed by atoms with Crippen LogP contribution in [0.25, 0.3) is 0 Å². The van der Waals surface area contributed by atoms with Crippen LogP contribution in [0.3, 0.4) is 0 Å². The highest BCUT2D eigenvalue weighted by molar-refractivity contribution is 7.80. The van der Waals surface area contributed by atoms with Crippen molar-refractivity contribution in [1.82, 2.24) is 9.88 Å². The van der Waals surface area contributed by atoms with Crippen molar-refractivity contribution in [1.29, 1.82) is 0 Å². The molecule has 0 aliphatic rings. The summed E-state index contributed by atoms with van der Waals surface area (Å²) in [5, 5.41) is 4.13. The second kappa shape index (κ2) is 11.3. The van der Waals surface area contributed by atoms with Gasteiger partial charge < -0.3 is 19.7 Å².